The van der Waals surface area contributed by atoms with Crippen molar-refractivity contribution >= 4 is 57.8 Å². The molecule has 1 aromatic rings. The first-order valence-corrected chi connectivity index (χ1v) is 9.94. The topological polar surface area (TPSA) is 40.6 Å². The second-order valence-electron chi connectivity index (χ2n) is 6.05. The van der Waals surface area contributed by atoms with Gasteiger partial charge < -0.3 is 4.90 Å². The summed E-state index contributed by atoms with van der Waals surface area (Å²) in [5, 5.41) is 0.601. The van der Waals surface area contributed by atoms with E-state index in [-0.39, 0.29) is 11.8 Å². The Balaban J connectivity index is 1.58. The molecule has 2 saturated heterocycles. The number of carbonyl (C=O) groups is 2. The molecular formula is C18H19ClN2O2S2. The normalized spacial score (nSPS) is 19.3. The number of thioether (sulfide) groups is 1. The van der Waals surface area contributed by atoms with Crippen molar-refractivity contribution in [3.8, 4) is 0 Å². The van der Waals surface area contributed by atoms with Crippen molar-refractivity contribution in [3.05, 3.63) is 39.8 Å². The van der Waals surface area contributed by atoms with Gasteiger partial charge in [0.15, 0.2) is 0 Å². The van der Waals surface area contributed by atoms with Crippen molar-refractivity contribution in [2.24, 2.45) is 0 Å². The lowest BCUT2D eigenvalue weighted by Crippen LogP contribution is -2.31. The van der Waals surface area contributed by atoms with Crippen molar-refractivity contribution in [2.45, 2.75) is 25.7 Å². The van der Waals surface area contributed by atoms with Gasteiger partial charge in [-0.15, -0.1) is 0 Å². The van der Waals surface area contributed by atoms with Crippen molar-refractivity contribution < 1.29 is 9.59 Å². The zero-order valence-electron chi connectivity index (χ0n) is 13.7. The Hall–Kier alpha value is -1.37. The smallest absolute Gasteiger partial charge is 0.266 e. The first-order valence-electron chi connectivity index (χ1n) is 8.34. The van der Waals surface area contributed by atoms with Crippen molar-refractivity contribution in [3.63, 3.8) is 0 Å². The number of benzene rings is 1. The van der Waals surface area contributed by atoms with Crippen LogP contribution in [0.4, 0.5) is 0 Å². The molecule has 4 nitrogen and oxygen atoms in total. The molecule has 0 aliphatic carbocycles. The number of amides is 2. The Bertz CT molecular complexity index is 730. The van der Waals surface area contributed by atoms with E-state index in [9.17, 15) is 9.59 Å². The van der Waals surface area contributed by atoms with Crippen LogP contribution in [0.5, 0.6) is 0 Å². The van der Waals surface area contributed by atoms with Gasteiger partial charge in [-0.3, -0.25) is 14.5 Å². The van der Waals surface area contributed by atoms with Gasteiger partial charge in [-0.1, -0.05) is 53.8 Å². The zero-order valence-corrected chi connectivity index (χ0v) is 16.1. The molecule has 0 unspecified atom stereocenters. The number of nitrogens with zero attached hydrogens (tertiary/aromatic N) is 2. The monoisotopic (exact) mass is 394 g/mol. The molecule has 3 rings (SSSR count). The standard InChI is InChI=1S/C18H19ClN2O2S2/c19-14-7-2-1-6-13(14)12-15-17(23)21(18(24)25-15)11-5-8-16(22)20-9-3-4-10-20/h1-2,6-7,12H,3-5,8-11H2. The highest BCUT2D eigenvalue weighted by Crippen LogP contribution is 2.33. The molecule has 2 heterocycles. The van der Waals surface area contributed by atoms with Gasteiger partial charge in [0.25, 0.3) is 5.91 Å². The van der Waals surface area contributed by atoms with E-state index in [4.69, 9.17) is 23.8 Å². The van der Waals surface area contributed by atoms with Crippen molar-refractivity contribution in [2.75, 3.05) is 19.6 Å². The predicted octanol–water partition coefficient (Wildman–Crippen LogP) is 3.94. The lowest BCUT2D eigenvalue weighted by atomic mass is 10.2. The van der Waals surface area contributed by atoms with E-state index >= 15 is 0 Å². The van der Waals surface area contributed by atoms with Crippen LogP contribution in [0.2, 0.25) is 5.02 Å². The summed E-state index contributed by atoms with van der Waals surface area (Å²) in [5.74, 6) is 0.0677. The Kier molecular flexibility index (Phi) is 6.15. The Morgan fingerprint density at radius 3 is 2.72 bits per heavy atom. The fourth-order valence-electron chi connectivity index (χ4n) is 2.94. The van der Waals surface area contributed by atoms with Gasteiger partial charge in [0.05, 0.1) is 4.91 Å². The number of likely N-dealkylation sites (tertiary alicyclic amines) is 1. The summed E-state index contributed by atoms with van der Waals surface area (Å²) in [5.41, 5.74) is 0.800. The Morgan fingerprint density at radius 2 is 2.00 bits per heavy atom. The molecular weight excluding hydrogens is 376 g/mol. The lowest BCUT2D eigenvalue weighted by molar-refractivity contribution is -0.130. The van der Waals surface area contributed by atoms with Crippen LogP contribution in [-0.2, 0) is 9.59 Å². The second kappa shape index (κ2) is 8.34. The molecule has 0 bridgehead atoms. The fourth-order valence-corrected chi connectivity index (χ4v) is 4.43. The number of hydrogen-bond donors (Lipinski definition) is 0. The summed E-state index contributed by atoms with van der Waals surface area (Å²) in [6.07, 6.45) is 5.04. The molecule has 2 fully saturated rings. The SMILES string of the molecule is O=C(CCCN1C(=O)C(=Cc2ccccc2Cl)SC1=S)N1CCCC1. The molecule has 0 N–H and O–H groups in total. The van der Waals surface area contributed by atoms with Crippen molar-refractivity contribution in [1.29, 1.82) is 0 Å². The third-order valence-corrected chi connectivity index (χ3v) is 6.02. The van der Waals surface area contributed by atoms with Gasteiger partial charge in [-0.25, -0.2) is 0 Å². The second-order valence-corrected chi connectivity index (χ2v) is 8.13. The first kappa shape index (κ1) is 18.4. The molecule has 0 saturated carbocycles. The summed E-state index contributed by atoms with van der Waals surface area (Å²) in [4.78, 5) is 28.7. The highest BCUT2D eigenvalue weighted by molar-refractivity contribution is 8.26. The number of halogens is 1. The minimum absolute atomic E-state index is 0.108. The van der Waals surface area contributed by atoms with Crippen LogP contribution in [0.25, 0.3) is 6.08 Å². The minimum atomic E-state index is -0.108. The highest BCUT2D eigenvalue weighted by atomic mass is 35.5. The Morgan fingerprint density at radius 1 is 1.28 bits per heavy atom. The highest BCUT2D eigenvalue weighted by Gasteiger charge is 2.32. The number of rotatable bonds is 5. The van der Waals surface area contributed by atoms with Crippen LogP contribution in [-0.4, -0.2) is 45.6 Å². The first-order chi connectivity index (χ1) is 12.1. The number of thiocarbonyl (C=S) groups is 1. The summed E-state index contributed by atoms with van der Waals surface area (Å²) in [6, 6.07) is 7.38. The molecule has 7 heteroatoms. The van der Waals surface area contributed by atoms with E-state index in [1.807, 2.05) is 23.1 Å². The number of hydrogen-bond acceptors (Lipinski definition) is 4. The molecule has 2 amide bonds. The van der Waals surface area contributed by atoms with Crippen LogP contribution in [0.15, 0.2) is 29.2 Å². The molecule has 0 aromatic heterocycles. The van der Waals surface area contributed by atoms with Gasteiger partial charge in [0, 0.05) is 31.1 Å². The largest absolute Gasteiger partial charge is 0.343 e. The fraction of sp³-hybridized carbons (Fsp3) is 0.389. The van der Waals surface area contributed by atoms with E-state index in [0.29, 0.717) is 33.6 Å². The van der Waals surface area contributed by atoms with Gasteiger partial charge in [0.2, 0.25) is 5.91 Å². The third-order valence-electron chi connectivity index (χ3n) is 4.30. The molecule has 0 radical (unpaired) electrons. The van der Waals surface area contributed by atoms with Gasteiger partial charge in [0.1, 0.15) is 4.32 Å². The molecule has 2 aliphatic heterocycles. The van der Waals surface area contributed by atoms with Crippen LogP contribution in [0.3, 0.4) is 0 Å². The van der Waals surface area contributed by atoms with Crippen molar-refractivity contribution in [1.82, 2.24) is 9.80 Å². The van der Waals surface area contributed by atoms with E-state index in [0.717, 1.165) is 31.5 Å². The van der Waals surface area contributed by atoms with Gasteiger partial charge in [-0.2, -0.15) is 0 Å². The Labute approximate surface area is 162 Å². The maximum atomic E-state index is 12.6. The summed E-state index contributed by atoms with van der Waals surface area (Å²) >= 11 is 12.8. The van der Waals surface area contributed by atoms with E-state index in [2.05, 4.69) is 0 Å². The maximum absolute atomic E-state index is 12.6. The molecule has 2 aliphatic rings. The molecule has 132 valence electrons. The van der Waals surface area contributed by atoms with E-state index < -0.39 is 0 Å². The van der Waals surface area contributed by atoms with Crippen LogP contribution in [0, 0.1) is 0 Å². The van der Waals surface area contributed by atoms with Gasteiger partial charge in [-0.05, 0) is 37.0 Å². The van der Waals surface area contributed by atoms with E-state index in [1.165, 1.54) is 11.8 Å². The van der Waals surface area contributed by atoms with Crippen LogP contribution < -0.4 is 0 Å². The summed E-state index contributed by atoms with van der Waals surface area (Å²) < 4.78 is 0.539. The average molecular weight is 395 g/mol. The maximum Gasteiger partial charge on any atom is 0.266 e. The van der Waals surface area contributed by atoms with E-state index in [1.54, 1.807) is 17.0 Å². The average Bonchev–Trinajstić information content (AvgIpc) is 3.21. The zero-order chi connectivity index (χ0) is 17.8. The number of carbonyl (C=O) groups excluding carboxylic acids is 2. The minimum Gasteiger partial charge on any atom is -0.343 e. The molecule has 25 heavy (non-hydrogen) atoms. The predicted molar refractivity (Wildman–Crippen MR) is 106 cm³/mol. The van der Waals surface area contributed by atoms with Gasteiger partial charge >= 0.3 is 0 Å². The quantitative estimate of drug-likeness (QED) is 0.560. The molecule has 0 atom stereocenters. The summed E-state index contributed by atoms with van der Waals surface area (Å²) in [6.45, 7) is 2.20. The van der Waals surface area contributed by atoms with Crippen LogP contribution >= 0.6 is 35.6 Å². The molecule has 0 spiro atoms. The molecule has 1 aromatic carbocycles. The van der Waals surface area contributed by atoms with Crippen LogP contribution in [0.1, 0.15) is 31.2 Å². The lowest BCUT2D eigenvalue weighted by Gasteiger charge is -2.17. The third kappa shape index (κ3) is 4.43. The summed E-state index contributed by atoms with van der Waals surface area (Å²) in [7, 11) is 0.